The molecule has 0 radical (unpaired) electrons. The lowest BCUT2D eigenvalue weighted by Gasteiger charge is -2.31. The zero-order valence-corrected chi connectivity index (χ0v) is 13.5. The molecule has 1 fully saturated rings. The number of piperidine rings is 1. The molecule has 1 aromatic heterocycles. The molecule has 122 valence electrons. The molecule has 1 aromatic carbocycles. The number of rotatable bonds is 5. The van der Waals surface area contributed by atoms with Crippen LogP contribution >= 0.6 is 0 Å². The minimum atomic E-state index is -3.34. The molecule has 1 atom stereocenters. The molecule has 1 saturated heterocycles. The van der Waals surface area contributed by atoms with E-state index in [1.807, 2.05) is 30.3 Å². The Morgan fingerprint density at radius 2 is 2.04 bits per heavy atom. The second kappa shape index (κ2) is 7.06. The third-order valence-corrected chi connectivity index (χ3v) is 5.57. The highest BCUT2D eigenvalue weighted by atomic mass is 32.2. The molecule has 1 aliphatic rings. The number of sulfonamides is 1. The number of hydrogen-bond donors (Lipinski definition) is 0. The van der Waals surface area contributed by atoms with Gasteiger partial charge in [0.2, 0.25) is 15.9 Å². The molecule has 3 rings (SSSR count). The Morgan fingerprint density at radius 3 is 2.78 bits per heavy atom. The van der Waals surface area contributed by atoms with E-state index in [9.17, 15) is 8.42 Å². The number of nitrogens with zero attached hydrogens (tertiary/aromatic N) is 3. The molecule has 23 heavy (non-hydrogen) atoms. The van der Waals surface area contributed by atoms with E-state index >= 15 is 0 Å². The van der Waals surface area contributed by atoms with E-state index < -0.39 is 10.0 Å². The van der Waals surface area contributed by atoms with Gasteiger partial charge >= 0.3 is 0 Å². The van der Waals surface area contributed by atoms with Gasteiger partial charge in [-0.1, -0.05) is 30.3 Å². The van der Waals surface area contributed by atoms with E-state index in [1.165, 1.54) is 10.5 Å². The summed E-state index contributed by atoms with van der Waals surface area (Å²) in [6.45, 7) is 0.890. The van der Waals surface area contributed by atoms with E-state index in [0.29, 0.717) is 19.0 Å². The first-order valence-electron chi connectivity index (χ1n) is 7.58. The Hall–Kier alpha value is -1.99. The normalized spacial score (nSPS) is 19.4. The standard InChI is InChI=1S/C16H19N3O3S/c20-23(21,13-14-5-2-1-3-6-14)19-10-4-7-15(12-19)22-16-11-17-8-9-18-16/h1-3,5-6,8-9,11,15H,4,7,10,12-13H2. The van der Waals surface area contributed by atoms with E-state index in [-0.39, 0.29) is 11.9 Å². The maximum atomic E-state index is 12.6. The Bertz CT molecular complexity index is 723. The van der Waals surface area contributed by atoms with Crippen LogP contribution in [-0.4, -0.2) is 41.9 Å². The van der Waals surface area contributed by atoms with Gasteiger partial charge in [-0.2, -0.15) is 4.31 Å². The third kappa shape index (κ3) is 4.27. The van der Waals surface area contributed by atoms with Gasteiger partial charge in [0.1, 0.15) is 6.10 Å². The molecule has 0 spiro atoms. The first-order valence-corrected chi connectivity index (χ1v) is 9.19. The molecule has 7 heteroatoms. The third-order valence-electron chi connectivity index (χ3n) is 3.75. The summed E-state index contributed by atoms with van der Waals surface area (Å²) >= 11 is 0. The second-order valence-electron chi connectivity index (χ2n) is 5.53. The maximum Gasteiger partial charge on any atom is 0.232 e. The first-order chi connectivity index (χ1) is 11.1. The summed E-state index contributed by atoms with van der Waals surface area (Å²) in [5, 5.41) is 0. The monoisotopic (exact) mass is 333 g/mol. The van der Waals surface area contributed by atoms with Crippen LogP contribution in [0, 0.1) is 0 Å². The van der Waals surface area contributed by atoms with Gasteiger partial charge in [0.25, 0.3) is 0 Å². The van der Waals surface area contributed by atoms with Crippen molar-refractivity contribution in [3.05, 3.63) is 54.5 Å². The van der Waals surface area contributed by atoms with Crippen LogP contribution in [0.1, 0.15) is 18.4 Å². The molecular weight excluding hydrogens is 314 g/mol. The van der Waals surface area contributed by atoms with Crippen LogP contribution in [-0.2, 0) is 15.8 Å². The van der Waals surface area contributed by atoms with Crippen molar-refractivity contribution >= 4 is 10.0 Å². The minimum absolute atomic E-state index is 0.0195. The first kappa shape index (κ1) is 15.9. The molecule has 0 aliphatic carbocycles. The molecular formula is C16H19N3O3S. The van der Waals surface area contributed by atoms with E-state index in [1.54, 1.807) is 12.4 Å². The predicted octanol–water partition coefficient (Wildman–Crippen LogP) is 1.85. The van der Waals surface area contributed by atoms with Crippen LogP contribution in [0.3, 0.4) is 0 Å². The maximum absolute atomic E-state index is 12.6. The Labute approximate surface area is 136 Å². The highest BCUT2D eigenvalue weighted by Crippen LogP contribution is 2.20. The number of aromatic nitrogens is 2. The highest BCUT2D eigenvalue weighted by molar-refractivity contribution is 7.88. The summed E-state index contributed by atoms with van der Waals surface area (Å²) in [4.78, 5) is 8.03. The Morgan fingerprint density at radius 1 is 1.22 bits per heavy atom. The van der Waals surface area contributed by atoms with E-state index in [0.717, 1.165) is 18.4 Å². The molecule has 2 aromatic rings. The van der Waals surface area contributed by atoms with Crippen LogP contribution < -0.4 is 4.74 Å². The van der Waals surface area contributed by atoms with Gasteiger partial charge in [0.05, 0.1) is 18.5 Å². The van der Waals surface area contributed by atoms with Crippen molar-refractivity contribution in [2.24, 2.45) is 0 Å². The molecule has 0 amide bonds. The zero-order chi connectivity index (χ0) is 16.1. The van der Waals surface area contributed by atoms with Gasteiger partial charge in [-0.05, 0) is 18.4 Å². The van der Waals surface area contributed by atoms with Crippen molar-refractivity contribution < 1.29 is 13.2 Å². The van der Waals surface area contributed by atoms with Crippen LogP contribution in [0.2, 0.25) is 0 Å². The van der Waals surface area contributed by atoms with Crippen molar-refractivity contribution in [3.63, 3.8) is 0 Å². The average molecular weight is 333 g/mol. The summed E-state index contributed by atoms with van der Waals surface area (Å²) in [6, 6.07) is 9.23. The van der Waals surface area contributed by atoms with E-state index in [4.69, 9.17) is 4.74 Å². The van der Waals surface area contributed by atoms with Crippen molar-refractivity contribution in [3.8, 4) is 5.88 Å². The predicted molar refractivity (Wildman–Crippen MR) is 86.3 cm³/mol. The number of ether oxygens (including phenoxy) is 1. The van der Waals surface area contributed by atoms with Gasteiger partial charge in [-0.25, -0.2) is 13.4 Å². The highest BCUT2D eigenvalue weighted by Gasteiger charge is 2.30. The lowest BCUT2D eigenvalue weighted by molar-refractivity contribution is 0.124. The zero-order valence-electron chi connectivity index (χ0n) is 12.7. The smallest absolute Gasteiger partial charge is 0.232 e. The number of benzene rings is 1. The molecule has 1 aliphatic heterocycles. The van der Waals surface area contributed by atoms with Crippen LogP contribution in [0.15, 0.2) is 48.9 Å². The fourth-order valence-electron chi connectivity index (χ4n) is 2.65. The molecule has 0 saturated carbocycles. The van der Waals surface area contributed by atoms with Gasteiger partial charge < -0.3 is 4.74 Å². The largest absolute Gasteiger partial charge is 0.472 e. The summed E-state index contributed by atoms with van der Waals surface area (Å²) in [5.74, 6) is 0.450. The summed E-state index contributed by atoms with van der Waals surface area (Å²) in [5.41, 5.74) is 0.796. The second-order valence-corrected chi connectivity index (χ2v) is 7.49. The summed E-state index contributed by atoms with van der Waals surface area (Å²) < 4.78 is 32.5. The molecule has 0 N–H and O–H groups in total. The average Bonchev–Trinajstić information content (AvgIpc) is 2.57. The van der Waals surface area contributed by atoms with Gasteiger partial charge in [-0.3, -0.25) is 4.98 Å². The van der Waals surface area contributed by atoms with Crippen molar-refractivity contribution in [1.82, 2.24) is 14.3 Å². The molecule has 1 unspecified atom stereocenters. The quantitative estimate of drug-likeness (QED) is 0.835. The lowest BCUT2D eigenvalue weighted by atomic mass is 10.1. The fraction of sp³-hybridized carbons (Fsp3) is 0.375. The van der Waals surface area contributed by atoms with Crippen molar-refractivity contribution in [2.45, 2.75) is 24.7 Å². The van der Waals surface area contributed by atoms with Gasteiger partial charge in [0.15, 0.2) is 0 Å². The number of hydrogen-bond acceptors (Lipinski definition) is 5. The van der Waals surface area contributed by atoms with Crippen molar-refractivity contribution in [1.29, 1.82) is 0 Å². The minimum Gasteiger partial charge on any atom is -0.472 e. The Balaban J connectivity index is 1.65. The molecule has 6 nitrogen and oxygen atoms in total. The Kier molecular flexibility index (Phi) is 4.88. The summed E-state index contributed by atoms with van der Waals surface area (Å²) in [6.07, 6.45) is 6.07. The summed E-state index contributed by atoms with van der Waals surface area (Å²) in [7, 11) is -3.34. The van der Waals surface area contributed by atoms with Gasteiger partial charge in [0, 0.05) is 18.9 Å². The van der Waals surface area contributed by atoms with Crippen LogP contribution in [0.25, 0.3) is 0 Å². The SMILES string of the molecule is O=S(=O)(Cc1ccccc1)N1CCCC(Oc2cnccn2)C1. The van der Waals surface area contributed by atoms with Crippen LogP contribution in [0.4, 0.5) is 0 Å². The van der Waals surface area contributed by atoms with Gasteiger partial charge in [-0.15, -0.1) is 0 Å². The van der Waals surface area contributed by atoms with E-state index in [2.05, 4.69) is 9.97 Å². The van der Waals surface area contributed by atoms with Crippen LogP contribution in [0.5, 0.6) is 5.88 Å². The molecule has 0 bridgehead atoms. The topological polar surface area (TPSA) is 72.4 Å². The lowest BCUT2D eigenvalue weighted by Crippen LogP contribution is -2.44. The van der Waals surface area contributed by atoms with Crippen molar-refractivity contribution in [2.75, 3.05) is 13.1 Å². The molecule has 2 heterocycles. The fourth-order valence-corrected chi connectivity index (χ4v) is 4.24.